The van der Waals surface area contributed by atoms with Crippen molar-refractivity contribution < 1.29 is 4.79 Å². The maximum absolute atomic E-state index is 12.1. The average Bonchev–Trinajstić information content (AvgIpc) is 2.53. The van der Waals surface area contributed by atoms with Gasteiger partial charge < -0.3 is 4.90 Å². The third kappa shape index (κ3) is 2.72. The van der Waals surface area contributed by atoms with Crippen molar-refractivity contribution in [3.05, 3.63) is 48.2 Å². The summed E-state index contributed by atoms with van der Waals surface area (Å²) in [5, 5.41) is 1.10. The largest absolute Gasteiger partial charge is 0.339 e. The lowest BCUT2D eigenvalue weighted by molar-refractivity contribution is -0.126. The number of benzene rings is 1. The minimum Gasteiger partial charge on any atom is -0.339 e. The van der Waals surface area contributed by atoms with Gasteiger partial charge in [-0.2, -0.15) is 0 Å². The van der Waals surface area contributed by atoms with Crippen LogP contribution in [0, 0.1) is 0 Å². The standard InChI is InChI=1S/C17H18N2O/c20-16(19-12-2-1-3-13-19)10-9-15-7-4-6-14-8-5-11-18-17(14)15/h4-11H,1-3,12-13H2/b10-9+. The van der Waals surface area contributed by atoms with Crippen LogP contribution >= 0.6 is 0 Å². The summed E-state index contributed by atoms with van der Waals surface area (Å²) in [5.74, 6) is 0.109. The lowest BCUT2D eigenvalue weighted by Gasteiger charge is -2.25. The molecule has 0 bridgehead atoms. The van der Waals surface area contributed by atoms with Gasteiger partial charge in [-0.1, -0.05) is 24.3 Å². The molecule has 1 fully saturated rings. The van der Waals surface area contributed by atoms with Crippen LogP contribution < -0.4 is 0 Å². The van der Waals surface area contributed by atoms with Gasteiger partial charge in [0, 0.05) is 36.3 Å². The number of para-hydroxylation sites is 1. The molecule has 0 radical (unpaired) electrons. The van der Waals surface area contributed by atoms with E-state index in [-0.39, 0.29) is 5.91 Å². The Bertz CT molecular complexity index is 637. The summed E-state index contributed by atoms with van der Waals surface area (Å²) in [6.45, 7) is 1.77. The second-order valence-electron chi connectivity index (χ2n) is 5.14. The number of nitrogens with zero attached hydrogens (tertiary/aromatic N) is 2. The van der Waals surface area contributed by atoms with Gasteiger partial charge in [0.15, 0.2) is 0 Å². The van der Waals surface area contributed by atoms with E-state index in [1.165, 1.54) is 6.42 Å². The molecule has 0 spiro atoms. The summed E-state index contributed by atoms with van der Waals surface area (Å²) in [4.78, 5) is 18.5. The van der Waals surface area contributed by atoms with Crippen molar-refractivity contribution in [1.82, 2.24) is 9.88 Å². The Hall–Kier alpha value is -2.16. The number of carbonyl (C=O) groups is 1. The predicted molar refractivity (Wildman–Crippen MR) is 81.2 cm³/mol. The first-order valence-corrected chi connectivity index (χ1v) is 7.15. The highest BCUT2D eigenvalue weighted by Crippen LogP contribution is 2.17. The summed E-state index contributed by atoms with van der Waals surface area (Å²) in [6.07, 6.45) is 8.82. The Morgan fingerprint density at radius 3 is 2.75 bits per heavy atom. The molecule has 1 aliphatic rings. The molecule has 0 atom stereocenters. The fourth-order valence-electron chi connectivity index (χ4n) is 2.64. The number of piperidine rings is 1. The van der Waals surface area contributed by atoms with Gasteiger partial charge in [-0.05, 0) is 31.4 Å². The topological polar surface area (TPSA) is 33.2 Å². The van der Waals surface area contributed by atoms with Gasteiger partial charge in [0.25, 0.3) is 0 Å². The predicted octanol–water partition coefficient (Wildman–Crippen LogP) is 3.26. The lowest BCUT2D eigenvalue weighted by Crippen LogP contribution is -2.34. The molecular weight excluding hydrogens is 248 g/mol. The first-order valence-electron chi connectivity index (χ1n) is 7.15. The highest BCUT2D eigenvalue weighted by molar-refractivity contribution is 5.95. The van der Waals surface area contributed by atoms with Gasteiger partial charge in [-0.3, -0.25) is 9.78 Å². The summed E-state index contributed by atoms with van der Waals surface area (Å²) >= 11 is 0. The smallest absolute Gasteiger partial charge is 0.246 e. The second kappa shape index (κ2) is 5.87. The van der Waals surface area contributed by atoms with Crippen LogP contribution in [0.1, 0.15) is 24.8 Å². The van der Waals surface area contributed by atoms with Crippen LogP contribution in [0.2, 0.25) is 0 Å². The molecule has 1 aromatic heterocycles. The second-order valence-corrected chi connectivity index (χ2v) is 5.14. The van der Waals surface area contributed by atoms with Gasteiger partial charge in [-0.25, -0.2) is 0 Å². The maximum Gasteiger partial charge on any atom is 0.246 e. The van der Waals surface area contributed by atoms with E-state index in [9.17, 15) is 4.79 Å². The third-order valence-electron chi connectivity index (χ3n) is 3.74. The molecule has 102 valence electrons. The van der Waals surface area contributed by atoms with Crippen LogP contribution in [0.15, 0.2) is 42.6 Å². The van der Waals surface area contributed by atoms with Crippen LogP contribution in [0.4, 0.5) is 0 Å². The summed E-state index contributed by atoms with van der Waals surface area (Å²) in [7, 11) is 0. The summed E-state index contributed by atoms with van der Waals surface area (Å²) in [5.41, 5.74) is 1.94. The molecule has 3 heteroatoms. The van der Waals surface area contributed by atoms with Crippen LogP contribution in [-0.4, -0.2) is 28.9 Å². The fraction of sp³-hybridized carbons (Fsp3) is 0.294. The van der Waals surface area contributed by atoms with Crippen molar-refractivity contribution in [2.24, 2.45) is 0 Å². The molecule has 0 aliphatic carbocycles. The van der Waals surface area contributed by atoms with Crippen LogP contribution in [0.25, 0.3) is 17.0 Å². The zero-order valence-corrected chi connectivity index (χ0v) is 11.5. The highest BCUT2D eigenvalue weighted by Gasteiger charge is 2.13. The highest BCUT2D eigenvalue weighted by atomic mass is 16.2. The molecule has 3 rings (SSSR count). The third-order valence-corrected chi connectivity index (χ3v) is 3.74. The van der Waals surface area contributed by atoms with Crippen LogP contribution in [-0.2, 0) is 4.79 Å². The van der Waals surface area contributed by atoms with E-state index in [4.69, 9.17) is 0 Å². The Balaban J connectivity index is 1.81. The molecule has 1 aromatic carbocycles. The number of amides is 1. The number of carbonyl (C=O) groups excluding carboxylic acids is 1. The number of aromatic nitrogens is 1. The summed E-state index contributed by atoms with van der Waals surface area (Å²) < 4.78 is 0. The SMILES string of the molecule is O=C(/C=C/c1cccc2cccnc12)N1CCCCC1. The molecule has 2 aromatic rings. The van der Waals surface area contributed by atoms with E-state index in [0.717, 1.165) is 42.4 Å². The van der Waals surface area contributed by atoms with Gasteiger partial charge in [0.05, 0.1) is 5.52 Å². The Morgan fingerprint density at radius 1 is 1.10 bits per heavy atom. The maximum atomic E-state index is 12.1. The van der Waals surface area contributed by atoms with Crippen LogP contribution in [0.3, 0.4) is 0 Å². The Kier molecular flexibility index (Phi) is 3.77. The number of pyridine rings is 1. The molecule has 2 heterocycles. The van der Waals surface area contributed by atoms with Gasteiger partial charge >= 0.3 is 0 Å². The molecule has 1 amide bonds. The van der Waals surface area contributed by atoms with E-state index in [2.05, 4.69) is 4.98 Å². The molecule has 0 saturated carbocycles. The number of likely N-dealkylation sites (tertiary alicyclic amines) is 1. The number of hydrogen-bond acceptors (Lipinski definition) is 2. The number of rotatable bonds is 2. The van der Waals surface area contributed by atoms with E-state index < -0.39 is 0 Å². The lowest BCUT2D eigenvalue weighted by atomic mass is 10.1. The van der Waals surface area contributed by atoms with Crippen molar-refractivity contribution in [2.75, 3.05) is 13.1 Å². The van der Waals surface area contributed by atoms with Gasteiger partial charge in [0.1, 0.15) is 0 Å². The van der Waals surface area contributed by atoms with Crippen molar-refractivity contribution in [1.29, 1.82) is 0 Å². The zero-order chi connectivity index (χ0) is 13.8. The molecule has 1 saturated heterocycles. The van der Waals surface area contributed by atoms with Crippen molar-refractivity contribution in [3.8, 4) is 0 Å². The Labute approximate surface area is 118 Å². The first kappa shape index (κ1) is 12.9. The average molecular weight is 266 g/mol. The van der Waals surface area contributed by atoms with Crippen molar-refractivity contribution >= 4 is 22.9 Å². The number of hydrogen-bond donors (Lipinski definition) is 0. The molecule has 20 heavy (non-hydrogen) atoms. The number of fused-ring (bicyclic) bond motifs is 1. The Morgan fingerprint density at radius 2 is 1.90 bits per heavy atom. The van der Waals surface area contributed by atoms with E-state index in [0.29, 0.717) is 0 Å². The first-order chi connectivity index (χ1) is 9.84. The molecular formula is C17H18N2O. The van der Waals surface area contributed by atoms with Gasteiger partial charge in [0.2, 0.25) is 5.91 Å². The fourth-order valence-corrected chi connectivity index (χ4v) is 2.64. The van der Waals surface area contributed by atoms with Crippen molar-refractivity contribution in [2.45, 2.75) is 19.3 Å². The zero-order valence-electron chi connectivity index (χ0n) is 11.5. The molecule has 0 N–H and O–H groups in total. The molecule has 0 unspecified atom stereocenters. The minimum atomic E-state index is 0.109. The normalized spacial score (nSPS) is 15.9. The van der Waals surface area contributed by atoms with Crippen LogP contribution in [0.5, 0.6) is 0 Å². The molecule has 3 nitrogen and oxygen atoms in total. The van der Waals surface area contributed by atoms with E-state index in [1.54, 1.807) is 12.3 Å². The quantitative estimate of drug-likeness (QED) is 0.782. The monoisotopic (exact) mass is 266 g/mol. The minimum absolute atomic E-state index is 0.109. The molecule has 1 aliphatic heterocycles. The summed E-state index contributed by atoms with van der Waals surface area (Å²) in [6, 6.07) is 9.98. The van der Waals surface area contributed by atoms with Crippen molar-refractivity contribution in [3.63, 3.8) is 0 Å². The van der Waals surface area contributed by atoms with Gasteiger partial charge in [-0.15, -0.1) is 0 Å². The van der Waals surface area contributed by atoms with E-state index >= 15 is 0 Å². The van der Waals surface area contributed by atoms with E-state index in [1.807, 2.05) is 41.3 Å².